The van der Waals surface area contributed by atoms with Crippen LogP contribution in [0.1, 0.15) is 5.56 Å². The first-order valence-corrected chi connectivity index (χ1v) is 9.01. The second kappa shape index (κ2) is 8.02. The van der Waals surface area contributed by atoms with Crippen LogP contribution in [0.25, 0.3) is 22.7 Å². The number of rotatable bonds is 6. The molecule has 2 heterocycles. The normalized spacial score (nSPS) is 10.7. The van der Waals surface area contributed by atoms with Crippen molar-refractivity contribution in [1.82, 2.24) is 9.97 Å². The van der Waals surface area contributed by atoms with Crippen LogP contribution in [0.4, 0.5) is 5.69 Å². The maximum absolute atomic E-state index is 12.4. The van der Waals surface area contributed by atoms with Crippen molar-refractivity contribution >= 4 is 22.8 Å². The zero-order chi connectivity index (χ0) is 20.2. The van der Waals surface area contributed by atoms with E-state index >= 15 is 0 Å². The fourth-order valence-corrected chi connectivity index (χ4v) is 2.80. The number of ether oxygens (including phenoxy) is 2. The number of methoxy groups -OCH3 is 1. The predicted octanol–water partition coefficient (Wildman–Crippen LogP) is 4.22. The number of benzene rings is 2. The molecule has 0 aliphatic heterocycles. The minimum atomic E-state index is -0.305. The molecule has 146 valence electrons. The van der Waals surface area contributed by atoms with Crippen molar-refractivity contribution in [3.05, 3.63) is 66.4 Å². The Morgan fingerprint density at radius 2 is 1.97 bits per heavy atom. The fourth-order valence-electron chi connectivity index (χ4n) is 2.80. The highest BCUT2D eigenvalue weighted by Crippen LogP contribution is 2.31. The van der Waals surface area contributed by atoms with Gasteiger partial charge in [-0.3, -0.25) is 4.79 Å². The second-order valence-corrected chi connectivity index (χ2v) is 6.41. The standard InChI is InChI=1S/C22H19N3O4/c1-14-5-8-16(9-6-14)28-13-20(26)24-17-12-15(7-10-18(17)27-2)22-25-21-19(29-22)4-3-11-23-21/h3-12H,13H2,1-2H3,(H,24,26). The van der Waals surface area contributed by atoms with Crippen LogP contribution in [0, 0.1) is 6.92 Å². The predicted molar refractivity (Wildman–Crippen MR) is 109 cm³/mol. The Hall–Kier alpha value is -3.87. The van der Waals surface area contributed by atoms with Gasteiger partial charge in [0.05, 0.1) is 12.8 Å². The molecule has 7 heteroatoms. The Morgan fingerprint density at radius 1 is 1.14 bits per heavy atom. The molecule has 2 aromatic heterocycles. The van der Waals surface area contributed by atoms with Crippen LogP contribution < -0.4 is 14.8 Å². The van der Waals surface area contributed by atoms with E-state index in [9.17, 15) is 4.79 Å². The number of hydrogen-bond acceptors (Lipinski definition) is 6. The Bertz CT molecular complexity index is 1120. The van der Waals surface area contributed by atoms with Gasteiger partial charge in [-0.05, 0) is 49.4 Å². The Morgan fingerprint density at radius 3 is 2.72 bits per heavy atom. The molecule has 1 amide bonds. The lowest BCUT2D eigenvalue weighted by atomic mass is 10.2. The van der Waals surface area contributed by atoms with E-state index in [1.807, 2.05) is 37.3 Å². The molecule has 0 aliphatic carbocycles. The van der Waals surface area contributed by atoms with Gasteiger partial charge in [0.15, 0.2) is 17.8 Å². The summed E-state index contributed by atoms with van der Waals surface area (Å²) in [5.74, 6) is 1.25. The summed E-state index contributed by atoms with van der Waals surface area (Å²) < 4.78 is 16.6. The summed E-state index contributed by atoms with van der Waals surface area (Å²) in [5, 5.41) is 2.81. The topological polar surface area (TPSA) is 86.5 Å². The van der Waals surface area contributed by atoms with E-state index in [-0.39, 0.29) is 12.5 Å². The molecule has 29 heavy (non-hydrogen) atoms. The summed E-state index contributed by atoms with van der Waals surface area (Å²) >= 11 is 0. The average molecular weight is 389 g/mol. The van der Waals surface area contributed by atoms with Crippen LogP contribution in [0.5, 0.6) is 11.5 Å². The number of aryl methyl sites for hydroxylation is 1. The van der Waals surface area contributed by atoms with Crippen molar-refractivity contribution in [2.75, 3.05) is 19.0 Å². The van der Waals surface area contributed by atoms with Gasteiger partial charge in [0.1, 0.15) is 11.5 Å². The molecule has 0 fully saturated rings. The van der Waals surface area contributed by atoms with E-state index in [4.69, 9.17) is 13.9 Å². The minimum absolute atomic E-state index is 0.122. The molecule has 0 spiro atoms. The molecular formula is C22H19N3O4. The Labute approximate surface area is 167 Å². The molecule has 0 unspecified atom stereocenters. The van der Waals surface area contributed by atoms with E-state index in [1.54, 1.807) is 30.5 Å². The molecule has 7 nitrogen and oxygen atoms in total. The number of oxazole rings is 1. The van der Waals surface area contributed by atoms with E-state index in [0.717, 1.165) is 5.56 Å². The second-order valence-electron chi connectivity index (χ2n) is 6.41. The number of pyridine rings is 1. The third kappa shape index (κ3) is 4.19. The van der Waals surface area contributed by atoms with E-state index in [2.05, 4.69) is 15.3 Å². The smallest absolute Gasteiger partial charge is 0.262 e. The van der Waals surface area contributed by atoms with E-state index in [0.29, 0.717) is 39.9 Å². The van der Waals surface area contributed by atoms with Crippen LogP contribution in [-0.2, 0) is 4.79 Å². The SMILES string of the molecule is COc1ccc(-c2nc3ncccc3o2)cc1NC(=O)COc1ccc(C)cc1. The van der Waals surface area contributed by atoms with Gasteiger partial charge in [-0.25, -0.2) is 4.98 Å². The molecule has 2 aromatic carbocycles. The lowest BCUT2D eigenvalue weighted by Gasteiger charge is -2.12. The van der Waals surface area contributed by atoms with Crippen LogP contribution in [0.2, 0.25) is 0 Å². The summed E-state index contributed by atoms with van der Waals surface area (Å²) in [6.07, 6.45) is 1.66. The number of carbonyl (C=O) groups excluding carboxylic acids is 1. The van der Waals surface area contributed by atoms with Gasteiger partial charge in [0, 0.05) is 11.8 Å². The number of amides is 1. The van der Waals surface area contributed by atoms with Crippen LogP contribution in [-0.4, -0.2) is 29.6 Å². The van der Waals surface area contributed by atoms with Crippen molar-refractivity contribution in [2.24, 2.45) is 0 Å². The summed E-state index contributed by atoms with van der Waals surface area (Å²) in [6.45, 7) is 1.87. The molecule has 0 saturated carbocycles. The zero-order valence-electron chi connectivity index (χ0n) is 16.0. The summed E-state index contributed by atoms with van der Waals surface area (Å²) in [7, 11) is 1.54. The van der Waals surface area contributed by atoms with Crippen LogP contribution in [0.3, 0.4) is 0 Å². The number of aromatic nitrogens is 2. The first-order valence-electron chi connectivity index (χ1n) is 9.01. The van der Waals surface area contributed by atoms with Gasteiger partial charge >= 0.3 is 0 Å². The van der Waals surface area contributed by atoms with Crippen LogP contribution >= 0.6 is 0 Å². The molecule has 1 N–H and O–H groups in total. The van der Waals surface area contributed by atoms with Crippen molar-refractivity contribution in [1.29, 1.82) is 0 Å². The highest BCUT2D eigenvalue weighted by Gasteiger charge is 2.14. The number of carbonyl (C=O) groups is 1. The van der Waals surface area contributed by atoms with Crippen molar-refractivity contribution in [3.63, 3.8) is 0 Å². The highest BCUT2D eigenvalue weighted by molar-refractivity contribution is 5.94. The highest BCUT2D eigenvalue weighted by atomic mass is 16.5. The number of nitrogens with one attached hydrogen (secondary N) is 1. The molecule has 0 aliphatic rings. The minimum Gasteiger partial charge on any atom is -0.495 e. The Kier molecular flexibility index (Phi) is 5.11. The first-order chi connectivity index (χ1) is 14.1. The molecule has 4 rings (SSSR count). The molecule has 0 saturated heterocycles. The van der Waals surface area contributed by atoms with Gasteiger partial charge in [-0.15, -0.1) is 0 Å². The third-order valence-corrected chi connectivity index (χ3v) is 4.28. The van der Waals surface area contributed by atoms with Gasteiger partial charge in [0.2, 0.25) is 5.89 Å². The molecule has 0 atom stereocenters. The van der Waals surface area contributed by atoms with Gasteiger partial charge < -0.3 is 19.2 Å². The molecule has 4 aromatic rings. The van der Waals surface area contributed by atoms with Crippen LogP contribution in [0.15, 0.2) is 65.2 Å². The molecular weight excluding hydrogens is 370 g/mol. The summed E-state index contributed by atoms with van der Waals surface area (Å²) in [4.78, 5) is 20.9. The van der Waals surface area contributed by atoms with Gasteiger partial charge in [-0.1, -0.05) is 17.7 Å². The van der Waals surface area contributed by atoms with Crippen molar-refractivity contribution in [3.8, 4) is 23.0 Å². The third-order valence-electron chi connectivity index (χ3n) is 4.28. The molecule has 0 radical (unpaired) electrons. The van der Waals surface area contributed by atoms with Crippen molar-refractivity contribution in [2.45, 2.75) is 6.92 Å². The summed E-state index contributed by atoms with van der Waals surface area (Å²) in [6, 6.07) is 16.4. The number of anilines is 1. The maximum atomic E-state index is 12.4. The summed E-state index contributed by atoms with van der Waals surface area (Å²) in [5.41, 5.74) is 3.43. The number of fused-ring (bicyclic) bond motifs is 1. The average Bonchev–Trinajstić information content (AvgIpc) is 3.17. The lowest BCUT2D eigenvalue weighted by molar-refractivity contribution is -0.118. The molecule has 0 bridgehead atoms. The van der Waals surface area contributed by atoms with E-state index in [1.165, 1.54) is 7.11 Å². The number of hydrogen-bond donors (Lipinski definition) is 1. The largest absolute Gasteiger partial charge is 0.495 e. The number of nitrogens with zero attached hydrogens (tertiary/aromatic N) is 2. The fraction of sp³-hybridized carbons (Fsp3) is 0.136. The first kappa shape index (κ1) is 18.5. The van der Waals surface area contributed by atoms with Gasteiger partial charge in [0.25, 0.3) is 5.91 Å². The quantitative estimate of drug-likeness (QED) is 0.531. The monoisotopic (exact) mass is 389 g/mol. The lowest BCUT2D eigenvalue weighted by Crippen LogP contribution is -2.20. The Balaban J connectivity index is 1.51. The zero-order valence-corrected chi connectivity index (χ0v) is 16.0. The maximum Gasteiger partial charge on any atom is 0.262 e. The van der Waals surface area contributed by atoms with Crippen molar-refractivity contribution < 1.29 is 18.7 Å². The van der Waals surface area contributed by atoms with Gasteiger partial charge in [-0.2, -0.15) is 4.98 Å². The van der Waals surface area contributed by atoms with E-state index < -0.39 is 0 Å².